The van der Waals surface area contributed by atoms with Crippen molar-refractivity contribution >= 4 is 5.91 Å². The number of fused-ring (bicyclic) bond motifs is 1. The highest BCUT2D eigenvalue weighted by atomic mass is 16.5. The summed E-state index contributed by atoms with van der Waals surface area (Å²) in [6.45, 7) is 0. The number of carbonyl (C=O) groups is 1. The number of ether oxygens (including phenoxy) is 2. The van der Waals surface area contributed by atoms with Crippen LogP contribution < -0.4 is 14.8 Å². The zero-order chi connectivity index (χ0) is 17.6. The summed E-state index contributed by atoms with van der Waals surface area (Å²) in [5.41, 5.74) is 3.65. The van der Waals surface area contributed by atoms with Crippen molar-refractivity contribution in [3.63, 3.8) is 0 Å². The van der Waals surface area contributed by atoms with Gasteiger partial charge in [-0.05, 0) is 66.6 Å². The van der Waals surface area contributed by atoms with Gasteiger partial charge in [-0.15, -0.1) is 0 Å². The zero-order valence-corrected chi connectivity index (χ0v) is 14.9. The molecule has 3 rings (SSSR count). The van der Waals surface area contributed by atoms with Crippen LogP contribution in [0.1, 0.15) is 42.0 Å². The average molecular weight is 339 g/mol. The van der Waals surface area contributed by atoms with Crippen molar-refractivity contribution in [2.24, 2.45) is 0 Å². The fourth-order valence-corrected chi connectivity index (χ4v) is 3.38. The Morgan fingerprint density at radius 2 is 1.80 bits per heavy atom. The maximum atomic E-state index is 12.4. The van der Waals surface area contributed by atoms with E-state index in [0.717, 1.165) is 42.7 Å². The van der Waals surface area contributed by atoms with E-state index >= 15 is 0 Å². The normalized spacial score (nSPS) is 16.0. The van der Waals surface area contributed by atoms with Crippen molar-refractivity contribution < 1.29 is 14.3 Å². The number of methoxy groups -OCH3 is 2. The second kappa shape index (κ2) is 8.06. The first-order chi connectivity index (χ1) is 12.2. The van der Waals surface area contributed by atoms with E-state index in [2.05, 4.69) is 17.4 Å². The summed E-state index contributed by atoms with van der Waals surface area (Å²) in [7, 11) is 3.34. The Labute approximate surface area is 149 Å². The number of rotatable bonds is 6. The summed E-state index contributed by atoms with van der Waals surface area (Å²) in [4.78, 5) is 12.4. The smallest absolute Gasteiger partial charge is 0.220 e. The van der Waals surface area contributed by atoms with Crippen molar-refractivity contribution in [2.75, 3.05) is 14.2 Å². The highest BCUT2D eigenvalue weighted by molar-refractivity contribution is 5.76. The molecule has 4 nitrogen and oxygen atoms in total. The second-order valence-corrected chi connectivity index (χ2v) is 6.43. The minimum absolute atomic E-state index is 0.101. The predicted octanol–water partition coefficient (Wildman–Crippen LogP) is 3.83. The molecular weight excluding hydrogens is 314 g/mol. The molecule has 1 aliphatic rings. The molecule has 0 heterocycles. The number of amides is 1. The first-order valence-electron chi connectivity index (χ1n) is 8.78. The molecule has 1 atom stereocenters. The number of hydrogen-bond acceptors (Lipinski definition) is 3. The van der Waals surface area contributed by atoms with E-state index in [1.165, 1.54) is 11.1 Å². The Morgan fingerprint density at radius 3 is 2.52 bits per heavy atom. The van der Waals surface area contributed by atoms with E-state index in [4.69, 9.17) is 9.47 Å². The molecule has 25 heavy (non-hydrogen) atoms. The zero-order valence-electron chi connectivity index (χ0n) is 14.9. The summed E-state index contributed by atoms with van der Waals surface area (Å²) in [5.74, 6) is 1.82. The molecule has 132 valence electrons. The number of carbonyl (C=O) groups excluding carboxylic acids is 1. The number of nitrogens with one attached hydrogen (secondary N) is 1. The highest BCUT2D eigenvalue weighted by Crippen LogP contribution is 2.32. The van der Waals surface area contributed by atoms with Gasteiger partial charge in [-0.25, -0.2) is 0 Å². The SMILES string of the molecule is COc1ccc(CCC(=O)N[C@@H]2CCCc3cc(OC)ccc32)cc1. The molecule has 0 aliphatic heterocycles. The summed E-state index contributed by atoms with van der Waals surface area (Å²) in [5, 5.41) is 3.20. The lowest BCUT2D eigenvalue weighted by atomic mass is 9.87. The van der Waals surface area contributed by atoms with Crippen LogP contribution in [0.25, 0.3) is 0 Å². The van der Waals surface area contributed by atoms with Crippen LogP contribution in [-0.2, 0) is 17.6 Å². The average Bonchev–Trinajstić information content (AvgIpc) is 2.66. The second-order valence-electron chi connectivity index (χ2n) is 6.43. The van der Waals surface area contributed by atoms with Crippen LogP contribution in [0.3, 0.4) is 0 Å². The first kappa shape index (κ1) is 17.3. The van der Waals surface area contributed by atoms with Crippen LogP contribution in [-0.4, -0.2) is 20.1 Å². The molecule has 1 aliphatic carbocycles. The highest BCUT2D eigenvalue weighted by Gasteiger charge is 2.22. The van der Waals surface area contributed by atoms with Gasteiger partial charge in [0.15, 0.2) is 0 Å². The summed E-state index contributed by atoms with van der Waals surface area (Å²) in [6.07, 6.45) is 4.36. The molecule has 1 N–H and O–H groups in total. The Kier molecular flexibility index (Phi) is 5.59. The van der Waals surface area contributed by atoms with Gasteiger partial charge < -0.3 is 14.8 Å². The minimum atomic E-state index is 0.101. The van der Waals surface area contributed by atoms with Crippen LogP contribution in [0.4, 0.5) is 0 Å². The van der Waals surface area contributed by atoms with Crippen molar-refractivity contribution in [3.05, 3.63) is 59.2 Å². The maximum Gasteiger partial charge on any atom is 0.220 e. The van der Waals surface area contributed by atoms with Crippen molar-refractivity contribution in [3.8, 4) is 11.5 Å². The summed E-state index contributed by atoms with van der Waals surface area (Å²) in [6, 6.07) is 14.1. The van der Waals surface area contributed by atoms with Gasteiger partial charge >= 0.3 is 0 Å². The van der Waals surface area contributed by atoms with Crippen molar-refractivity contribution in [1.29, 1.82) is 0 Å². The summed E-state index contributed by atoms with van der Waals surface area (Å²) >= 11 is 0. The number of hydrogen-bond donors (Lipinski definition) is 1. The molecule has 0 unspecified atom stereocenters. The fourth-order valence-electron chi connectivity index (χ4n) is 3.38. The van der Waals surface area contributed by atoms with Gasteiger partial charge in [0.1, 0.15) is 11.5 Å². The molecule has 4 heteroatoms. The van der Waals surface area contributed by atoms with E-state index in [0.29, 0.717) is 6.42 Å². The Morgan fingerprint density at radius 1 is 1.08 bits per heavy atom. The van der Waals surface area contributed by atoms with E-state index in [1.54, 1.807) is 14.2 Å². The quantitative estimate of drug-likeness (QED) is 0.870. The third kappa shape index (κ3) is 4.32. The Hall–Kier alpha value is -2.49. The number of benzene rings is 2. The first-order valence-corrected chi connectivity index (χ1v) is 8.78. The van der Waals surface area contributed by atoms with Gasteiger partial charge in [0.25, 0.3) is 0 Å². The van der Waals surface area contributed by atoms with Crippen molar-refractivity contribution in [2.45, 2.75) is 38.1 Å². The topological polar surface area (TPSA) is 47.6 Å². The lowest BCUT2D eigenvalue weighted by molar-refractivity contribution is -0.121. The van der Waals surface area contributed by atoms with E-state index < -0.39 is 0 Å². The molecule has 0 aromatic heterocycles. The Balaban J connectivity index is 1.58. The predicted molar refractivity (Wildman–Crippen MR) is 98.1 cm³/mol. The minimum Gasteiger partial charge on any atom is -0.497 e. The monoisotopic (exact) mass is 339 g/mol. The molecular formula is C21H25NO3. The van der Waals surface area contributed by atoms with Gasteiger partial charge in [-0.1, -0.05) is 18.2 Å². The van der Waals surface area contributed by atoms with Gasteiger partial charge in [0.2, 0.25) is 5.91 Å². The Bertz CT molecular complexity index is 724. The molecule has 1 amide bonds. The van der Waals surface area contributed by atoms with Gasteiger partial charge in [-0.3, -0.25) is 4.79 Å². The maximum absolute atomic E-state index is 12.4. The van der Waals surface area contributed by atoms with Crippen LogP contribution in [0.15, 0.2) is 42.5 Å². The third-order valence-electron chi connectivity index (χ3n) is 4.80. The van der Waals surface area contributed by atoms with Gasteiger partial charge in [-0.2, -0.15) is 0 Å². The molecule has 0 saturated carbocycles. The third-order valence-corrected chi connectivity index (χ3v) is 4.80. The van der Waals surface area contributed by atoms with E-state index in [-0.39, 0.29) is 11.9 Å². The molecule has 2 aromatic carbocycles. The molecule has 0 saturated heterocycles. The largest absolute Gasteiger partial charge is 0.497 e. The molecule has 0 fully saturated rings. The van der Waals surface area contributed by atoms with E-state index in [1.807, 2.05) is 30.3 Å². The molecule has 2 aromatic rings. The van der Waals surface area contributed by atoms with Gasteiger partial charge in [0, 0.05) is 6.42 Å². The molecule has 0 bridgehead atoms. The van der Waals surface area contributed by atoms with E-state index in [9.17, 15) is 4.79 Å². The lowest BCUT2D eigenvalue weighted by Crippen LogP contribution is -2.31. The summed E-state index contributed by atoms with van der Waals surface area (Å²) < 4.78 is 10.5. The molecule has 0 spiro atoms. The lowest BCUT2D eigenvalue weighted by Gasteiger charge is -2.27. The number of aryl methyl sites for hydroxylation is 2. The van der Waals surface area contributed by atoms with Crippen LogP contribution in [0, 0.1) is 0 Å². The van der Waals surface area contributed by atoms with Gasteiger partial charge in [0.05, 0.1) is 20.3 Å². The van der Waals surface area contributed by atoms with Crippen molar-refractivity contribution in [1.82, 2.24) is 5.32 Å². The van der Waals surface area contributed by atoms with Crippen LogP contribution in [0.2, 0.25) is 0 Å². The molecule has 0 radical (unpaired) electrons. The fraction of sp³-hybridized carbons (Fsp3) is 0.381. The van der Waals surface area contributed by atoms with Crippen LogP contribution >= 0.6 is 0 Å². The van der Waals surface area contributed by atoms with Crippen LogP contribution in [0.5, 0.6) is 11.5 Å². The standard InChI is InChI=1S/C21H25NO3/c1-24-17-9-6-15(7-10-17)8-13-21(23)22-20-5-3-4-16-14-18(25-2)11-12-19(16)20/h6-7,9-12,14,20H,3-5,8,13H2,1-2H3,(H,22,23)/t20-/m1/s1.